The van der Waals surface area contributed by atoms with Gasteiger partial charge in [-0.25, -0.2) is 4.68 Å². The number of ether oxygens (including phenoxy) is 2. The molecule has 0 saturated heterocycles. The topological polar surface area (TPSA) is 145 Å². The summed E-state index contributed by atoms with van der Waals surface area (Å²) in [5.41, 5.74) is 4.22. The number of aromatic nitrogens is 3. The number of amides is 2. The second-order valence-corrected chi connectivity index (χ2v) is 11.4. The molecule has 0 bridgehead atoms. The molecule has 1 aliphatic rings. The summed E-state index contributed by atoms with van der Waals surface area (Å²) >= 11 is 0. The van der Waals surface area contributed by atoms with Gasteiger partial charge >= 0.3 is 5.97 Å². The monoisotopic (exact) mass is 632 g/mol. The summed E-state index contributed by atoms with van der Waals surface area (Å²) in [4.78, 5) is 52.0. The molecule has 4 rings (SSSR count). The highest BCUT2D eigenvalue weighted by Gasteiger charge is 2.29. The van der Waals surface area contributed by atoms with Gasteiger partial charge in [0.25, 0.3) is 0 Å². The number of nitrogens with zero attached hydrogens (tertiary/aromatic N) is 4. The third-order valence-electron chi connectivity index (χ3n) is 7.56. The van der Waals surface area contributed by atoms with E-state index in [1.54, 1.807) is 9.58 Å². The molecule has 0 radical (unpaired) electrons. The van der Waals surface area contributed by atoms with Crippen molar-refractivity contribution >= 4 is 29.3 Å². The van der Waals surface area contributed by atoms with Crippen molar-refractivity contribution in [1.29, 1.82) is 0 Å². The van der Waals surface area contributed by atoms with Crippen molar-refractivity contribution in [1.82, 2.24) is 25.6 Å². The van der Waals surface area contributed by atoms with Gasteiger partial charge < -0.3 is 25.0 Å². The number of benzene rings is 2. The summed E-state index contributed by atoms with van der Waals surface area (Å²) < 4.78 is 12.5. The minimum absolute atomic E-state index is 0.0133. The van der Waals surface area contributed by atoms with Crippen LogP contribution in [0.1, 0.15) is 58.4 Å². The number of hydrogen-bond acceptors (Lipinski definition) is 9. The lowest BCUT2D eigenvalue weighted by Gasteiger charge is -2.28. The zero-order valence-electron chi connectivity index (χ0n) is 26.9. The van der Waals surface area contributed by atoms with E-state index in [2.05, 4.69) is 20.9 Å². The number of carbonyl (C=O) groups excluding carboxylic acids is 4. The van der Waals surface area contributed by atoms with Crippen LogP contribution in [0.3, 0.4) is 0 Å². The van der Waals surface area contributed by atoms with Crippen LogP contribution in [-0.4, -0.2) is 77.5 Å². The van der Waals surface area contributed by atoms with Gasteiger partial charge in [-0.3, -0.25) is 19.2 Å². The largest absolute Gasteiger partial charge is 0.463 e. The Morgan fingerprint density at radius 2 is 1.67 bits per heavy atom. The number of hydrogen-bond donors (Lipinski definition) is 2. The van der Waals surface area contributed by atoms with E-state index in [9.17, 15) is 19.2 Å². The average Bonchev–Trinajstić information content (AvgIpc) is 3.45. The standard InChI is InChI=1S/C34H44N6O6/c1-4-26(41)11-9-19-45-20-17-36-30(42)15-16-31(43)39-22-25-10-5-6-12-27(25)34-33(28-13-7-8-14-29(28)39)37-38-40(34)23-32(44)46-21-18-35-24(2)3/h5-8,10,12-14,24,35H,4,9,11,15-23H2,1-3H3,(H,36,42). The van der Waals surface area contributed by atoms with Gasteiger partial charge in [-0.2, -0.15) is 0 Å². The number of ketones is 1. The molecule has 0 unspecified atom stereocenters. The van der Waals surface area contributed by atoms with Crippen LogP contribution >= 0.6 is 0 Å². The smallest absolute Gasteiger partial charge is 0.327 e. The number of carbonyl (C=O) groups is 4. The highest BCUT2D eigenvalue weighted by atomic mass is 16.5. The van der Waals surface area contributed by atoms with Crippen LogP contribution in [-0.2, 0) is 41.7 Å². The van der Waals surface area contributed by atoms with Crippen molar-refractivity contribution in [3.63, 3.8) is 0 Å². The summed E-state index contributed by atoms with van der Waals surface area (Å²) in [6, 6.07) is 15.4. The zero-order chi connectivity index (χ0) is 32.9. The molecule has 246 valence electrons. The highest BCUT2D eigenvalue weighted by molar-refractivity contribution is 6.01. The molecule has 0 fully saturated rings. The molecule has 2 heterocycles. The molecule has 46 heavy (non-hydrogen) atoms. The molecule has 3 aromatic rings. The van der Waals surface area contributed by atoms with E-state index in [0.717, 1.165) is 11.1 Å². The SMILES string of the molecule is CCC(=O)CCCOCCNC(=O)CCC(=O)N1Cc2ccccc2-c2c(nnn2CC(=O)OCCNC(C)C)-c2ccccc21. The molecular weight excluding hydrogens is 588 g/mol. The van der Waals surface area contributed by atoms with Gasteiger partial charge in [-0.15, -0.1) is 5.10 Å². The van der Waals surface area contributed by atoms with Gasteiger partial charge in [0, 0.05) is 62.5 Å². The molecule has 0 saturated carbocycles. The van der Waals surface area contributed by atoms with E-state index in [4.69, 9.17) is 9.47 Å². The van der Waals surface area contributed by atoms with Crippen LogP contribution in [0.25, 0.3) is 22.5 Å². The van der Waals surface area contributed by atoms with Gasteiger partial charge in [-0.05, 0) is 18.1 Å². The van der Waals surface area contributed by atoms with Gasteiger partial charge in [-0.1, -0.05) is 68.4 Å². The van der Waals surface area contributed by atoms with Crippen molar-refractivity contribution < 1.29 is 28.7 Å². The van der Waals surface area contributed by atoms with Gasteiger partial charge in [0.05, 0.1) is 24.5 Å². The number of fused-ring (bicyclic) bond motifs is 5. The predicted molar refractivity (Wildman–Crippen MR) is 174 cm³/mol. The normalized spacial score (nSPS) is 12.0. The number of nitrogens with one attached hydrogen (secondary N) is 2. The first-order chi connectivity index (χ1) is 22.3. The maximum atomic E-state index is 13.7. The Kier molecular flexibility index (Phi) is 13.0. The van der Waals surface area contributed by atoms with Gasteiger partial charge in [0.15, 0.2) is 0 Å². The fourth-order valence-electron chi connectivity index (χ4n) is 5.19. The fraction of sp³-hybridized carbons (Fsp3) is 0.471. The number of anilines is 1. The van der Waals surface area contributed by atoms with Crippen molar-refractivity contribution in [2.45, 2.75) is 72.0 Å². The van der Waals surface area contributed by atoms with Crippen LogP contribution in [0.15, 0.2) is 48.5 Å². The average molecular weight is 633 g/mol. The molecule has 1 aliphatic heterocycles. The first-order valence-electron chi connectivity index (χ1n) is 15.9. The minimum Gasteiger partial charge on any atom is -0.463 e. The summed E-state index contributed by atoms with van der Waals surface area (Å²) in [6.45, 7) is 7.98. The maximum absolute atomic E-state index is 13.7. The van der Waals surface area contributed by atoms with Crippen molar-refractivity contribution in [3.8, 4) is 22.5 Å². The number of esters is 1. The Labute approximate surface area is 269 Å². The van der Waals surface area contributed by atoms with Gasteiger partial charge in [0.2, 0.25) is 11.8 Å². The molecule has 2 N–H and O–H groups in total. The molecule has 0 spiro atoms. The second-order valence-electron chi connectivity index (χ2n) is 11.4. The fourth-order valence-corrected chi connectivity index (χ4v) is 5.19. The number of rotatable bonds is 17. The van der Waals surface area contributed by atoms with E-state index in [1.165, 1.54) is 0 Å². The lowest BCUT2D eigenvalue weighted by atomic mass is 9.95. The quantitative estimate of drug-likeness (QED) is 0.168. The molecule has 1 aromatic heterocycles. The van der Waals surface area contributed by atoms with E-state index in [-0.39, 0.29) is 50.1 Å². The van der Waals surface area contributed by atoms with Crippen LogP contribution in [0.2, 0.25) is 0 Å². The lowest BCUT2D eigenvalue weighted by Crippen LogP contribution is -2.34. The Morgan fingerprint density at radius 3 is 2.46 bits per heavy atom. The van der Waals surface area contributed by atoms with Crippen LogP contribution in [0.5, 0.6) is 0 Å². The molecule has 0 aliphatic carbocycles. The van der Waals surface area contributed by atoms with E-state index < -0.39 is 5.97 Å². The molecule has 0 atom stereocenters. The van der Waals surface area contributed by atoms with Crippen molar-refractivity contribution in [2.75, 3.05) is 37.8 Å². The predicted octanol–water partition coefficient (Wildman–Crippen LogP) is 3.67. The third kappa shape index (κ3) is 9.54. The van der Waals surface area contributed by atoms with Crippen molar-refractivity contribution in [3.05, 3.63) is 54.1 Å². The second kappa shape index (κ2) is 17.3. The Balaban J connectivity index is 1.44. The summed E-state index contributed by atoms with van der Waals surface area (Å²) in [5, 5.41) is 14.8. The summed E-state index contributed by atoms with van der Waals surface area (Å²) in [6.07, 6.45) is 1.73. The Morgan fingerprint density at radius 1 is 0.913 bits per heavy atom. The number of Topliss-reactive ketones (excluding diaryl/α,β-unsaturated/α-hetero) is 1. The first-order valence-corrected chi connectivity index (χ1v) is 15.9. The van der Waals surface area contributed by atoms with Crippen LogP contribution < -0.4 is 15.5 Å². The molecular formula is C34H44N6O6. The summed E-state index contributed by atoms with van der Waals surface area (Å²) in [7, 11) is 0. The van der Waals surface area contributed by atoms with E-state index >= 15 is 0 Å². The van der Waals surface area contributed by atoms with E-state index in [0.29, 0.717) is 74.2 Å². The van der Waals surface area contributed by atoms with Gasteiger partial charge in [0.1, 0.15) is 24.6 Å². The molecule has 12 heteroatoms. The summed E-state index contributed by atoms with van der Waals surface area (Å²) in [5.74, 6) is -0.654. The van der Waals surface area contributed by atoms with Crippen LogP contribution in [0.4, 0.5) is 5.69 Å². The maximum Gasteiger partial charge on any atom is 0.327 e. The number of para-hydroxylation sites is 1. The first kappa shape index (κ1) is 34.5. The lowest BCUT2D eigenvalue weighted by molar-refractivity contribution is -0.144. The van der Waals surface area contributed by atoms with E-state index in [1.807, 2.05) is 69.3 Å². The van der Waals surface area contributed by atoms with Crippen LogP contribution in [0, 0.1) is 0 Å². The molecule has 2 amide bonds. The molecule has 12 nitrogen and oxygen atoms in total. The van der Waals surface area contributed by atoms with Crippen molar-refractivity contribution in [2.24, 2.45) is 0 Å². The Hall–Kier alpha value is -4.42. The zero-order valence-corrected chi connectivity index (χ0v) is 26.9. The molecule has 2 aromatic carbocycles. The third-order valence-corrected chi connectivity index (χ3v) is 7.56. The Bertz CT molecular complexity index is 1500. The highest BCUT2D eigenvalue weighted by Crippen LogP contribution is 2.41. The minimum atomic E-state index is -0.420.